The molecule has 0 aliphatic carbocycles. The summed E-state index contributed by atoms with van der Waals surface area (Å²) in [5.74, 6) is 0. The Hall–Kier alpha value is -1.58. The van der Waals surface area contributed by atoms with Crippen molar-refractivity contribution in [1.29, 1.82) is 0 Å². The van der Waals surface area contributed by atoms with E-state index >= 15 is 0 Å². The van der Waals surface area contributed by atoms with Gasteiger partial charge < -0.3 is 9.80 Å². The molecule has 1 atom stereocenters. The van der Waals surface area contributed by atoms with Crippen LogP contribution in [0.3, 0.4) is 0 Å². The average molecular weight is 389 g/mol. The molecule has 0 N–H and O–H groups in total. The van der Waals surface area contributed by atoms with Crippen molar-refractivity contribution in [3.05, 3.63) is 52.0 Å². The molecule has 2 aromatic rings. The van der Waals surface area contributed by atoms with Gasteiger partial charge in [0, 0.05) is 43.0 Å². The number of piperazine rings is 1. The Labute approximate surface area is 167 Å². The summed E-state index contributed by atoms with van der Waals surface area (Å²) in [7, 11) is 0. The van der Waals surface area contributed by atoms with Crippen molar-refractivity contribution in [1.82, 2.24) is 4.90 Å². The molecule has 2 aromatic carbocycles. The lowest BCUT2D eigenvalue weighted by atomic mass is 9.92. The van der Waals surface area contributed by atoms with Crippen LogP contribution < -0.4 is 4.90 Å². The second kappa shape index (κ2) is 8.62. The highest BCUT2D eigenvalue weighted by atomic mass is 35.5. The van der Waals surface area contributed by atoms with Gasteiger partial charge in [-0.15, -0.1) is 0 Å². The van der Waals surface area contributed by atoms with Gasteiger partial charge in [0.25, 0.3) is 0 Å². The van der Waals surface area contributed by atoms with E-state index in [1.54, 1.807) is 0 Å². The fraction of sp³-hybridized carbons (Fsp3) is 0.478. The molecule has 1 aliphatic rings. The number of halogens is 2. The molecule has 27 heavy (non-hydrogen) atoms. The van der Waals surface area contributed by atoms with E-state index in [-0.39, 0.29) is 0 Å². The maximum atomic E-state index is 14.8. The first-order chi connectivity index (χ1) is 13.0. The van der Waals surface area contributed by atoms with Crippen LogP contribution in [-0.4, -0.2) is 37.6 Å². The molecule has 0 aromatic heterocycles. The molecule has 1 unspecified atom stereocenters. The van der Waals surface area contributed by atoms with E-state index in [9.17, 15) is 4.39 Å². The van der Waals surface area contributed by atoms with Crippen LogP contribution in [-0.2, 0) is 0 Å². The molecule has 4 heteroatoms. The molecule has 0 radical (unpaired) electrons. The van der Waals surface area contributed by atoms with Gasteiger partial charge in [-0.3, -0.25) is 0 Å². The van der Waals surface area contributed by atoms with Crippen LogP contribution in [0.4, 0.5) is 10.1 Å². The van der Waals surface area contributed by atoms with E-state index in [4.69, 9.17) is 11.6 Å². The predicted octanol–water partition coefficient (Wildman–Crippen LogP) is 6.19. The second-order valence-corrected chi connectivity index (χ2v) is 7.84. The number of alkyl halides is 1. The van der Waals surface area contributed by atoms with E-state index in [1.807, 2.05) is 13.0 Å². The fourth-order valence-electron chi connectivity index (χ4n) is 4.01. The maximum Gasteiger partial charge on any atom is 0.126 e. The average Bonchev–Trinajstić information content (AvgIpc) is 2.68. The topological polar surface area (TPSA) is 6.48 Å². The normalized spacial score (nSPS) is 16.6. The number of hydrogen-bond donors (Lipinski definition) is 0. The van der Waals surface area contributed by atoms with Crippen molar-refractivity contribution in [2.24, 2.45) is 0 Å². The number of benzene rings is 2. The molecular formula is C23H30ClFN2. The summed E-state index contributed by atoms with van der Waals surface area (Å²) in [4.78, 5) is 4.81. The van der Waals surface area contributed by atoms with Gasteiger partial charge in [-0.05, 0) is 55.6 Å². The molecule has 0 amide bonds. The molecule has 2 nitrogen and oxygen atoms in total. The minimum atomic E-state index is -1.04. The largest absolute Gasteiger partial charge is 0.369 e. The zero-order valence-corrected chi connectivity index (χ0v) is 17.6. The first-order valence-electron chi connectivity index (χ1n) is 9.97. The minimum Gasteiger partial charge on any atom is -0.369 e. The summed E-state index contributed by atoms with van der Waals surface area (Å²) in [5, 5.41) is 0.553. The van der Waals surface area contributed by atoms with Crippen LogP contribution in [0.5, 0.6) is 0 Å². The van der Waals surface area contributed by atoms with E-state index < -0.39 is 6.17 Å². The summed E-state index contributed by atoms with van der Waals surface area (Å²) < 4.78 is 14.8. The van der Waals surface area contributed by atoms with Crippen LogP contribution in [0.2, 0.25) is 5.02 Å². The number of aryl methyl sites for hydroxylation is 2. The van der Waals surface area contributed by atoms with Gasteiger partial charge in [-0.1, -0.05) is 43.6 Å². The lowest BCUT2D eigenvalue weighted by molar-refractivity contribution is 0.271. The number of anilines is 1. The molecule has 1 saturated heterocycles. The first kappa shape index (κ1) is 20.2. The molecule has 1 heterocycles. The van der Waals surface area contributed by atoms with Crippen LogP contribution in [0, 0.1) is 13.8 Å². The number of nitrogens with zero attached hydrogens (tertiary/aromatic N) is 2. The van der Waals surface area contributed by atoms with Crippen LogP contribution in [0.15, 0.2) is 30.3 Å². The summed E-state index contributed by atoms with van der Waals surface area (Å²) in [6.07, 6.45) is -0.614. The summed E-state index contributed by atoms with van der Waals surface area (Å²) in [6, 6.07) is 10.4. The highest BCUT2D eigenvalue weighted by Crippen LogP contribution is 2.42. The molecular weight excluding hydrogens is 359 g/mol. The van der Waals surface area contributed by atoms with Crippen molar-refractivity contribution in [3.8, 4) is 11.1 Å². The molecule has 1 aliphatic heterocycles. The zero-order valence-electron chi connectivity index (χ0n) is 16.9. The predicted molar refractivity (Wildman–Crippen MR) is 115 cm³/mol. The van der Waals surface area contributed by atoms with Crippen molar-refractivity contribution < 1.29 is 4.39 Å². The molecule has 0 spiro atoms. The Balaban J connectivity index is 2.10. The van der Waals surface area contributed by atoms with Gasteiger partial charge in [0.1, 0.15) is 6.17 Å². The van der Waals surface area contributed by atoms with Crippen molar-refractivity contribution in [2.75, 3.05) is 37.6 Å². The van der Waals surface area contributed by atoms with E-state index in [0.717, 1.165) is 49.5 Å². The lowest BCUT2D eigenvalue weighted by Crippen LogP contribution is -2.46. The number of rotatable bonds is 5. The van der Waals surface area contributed by atoms with Gasteiger partial charge in [-0.25, -0.2) is 4.39 Å². The number of hydrogen-bond acceptors (Lipinski definition) is 2. The Bertz CT molecular complexity index is 777. The Morgan fingerprint density at radius 3 is 2.22 bits per heavy atom. The first-order valence-corrected chi connectivity index (χ1v) is 10.3. The van der Waals surface area contributed by atoms with Crippen LogP contribution in [0.1, 0.15) is 43.1 Å². The van der Waals surface area contributed by atoms with Crippen LogP contribution in [0.25, 0.3) is 11.1 Å². The van der Waals surface area contributed by atoms with Crippen molar-refractivity contribution >= 4 is 17.3 Å². The highest BCUT2D eigenvalue weighted by molar-refractivity contribution is 6.34. The monoisotopic (exact) mass is 388 g/mol. The maximum absolute atomic E-state index is 14.8. The zero-order chi connectivity index (χ0) is 19.6. The van der Waals surface area contributed by atoms with E-state index in [2.05, 4.69) is 54.8 Å². The second-order valence-electron chi connectivity index (χ2n) is 7.46. The highest BCUT2D eigenvalue weighted by Gasteiger charge is 2.23. The Morgan fingerprint density at radius 2 is 1.67 bits per heavy atom. The third-order valence-electron chi connectivity index (χ3n) is 5.72. The van der Waals surface area contributed by atoms with Crippen molar-refractivity contribution in [2.45, 2.75) is 40.3 Å². The molecule has 3 rings (SSSR count). The lowest BCUT2D eigenvalue weighted by Gasteiger charge is -2.36. The third-order valence-corrected chi connectivity index (χ3v) is 6.14. The number of likely N-dealkylation sites (N-methyl/N-ethyl adjacent to an activating group) is 1. The van der Waals surface area contributed by atoms with Gasteiger partial charge in [0.05, 0.1) is 5.02 Å². The third kappa shape index (κ3) is 4.14. The molecule has 0 saturated carbocycles. The standard InChI is InChI=1S/C23H30ClFN2/c1-5-21(25)19-14-18(27-12-10-26(6-2)11-13-27)15-20(23(19)24)22-16(3)8-7-9-17(22)4/h7-9,14-15,21H,5-6,10-13H2,1-4H3. The van der Waals surface area contributed by atoms with Crippen LogP contribution >= 0.6 is 11.6 Å². The smallest absolute Gasteiger partial charge is 0.126 e. The Kier molecular flexibility index (Phi) is 6.44. The Morgan fingerprint density at radius 1 is 1.04 bits per heavy atom. The molecule has 0 bridgehead atoms. The van der Waals surface area contributed by atoms with E-state index in [0.29, 0.717) is 17.0 Å². The quantitative estimate of drug-likeness (QED) is 0.602. The molecule has 1 fully saturated rings. The van der Waals surface area contributed by atoms with E-state index in [1.165, 1.54) is 11.1 Å². The van der Waals surface area contributed by atoms with Crippen molar-refractivity contribution in [3.63, 3.8) is 0 Å². The summed E-state index contributed by atoms with van der Waals surface area (Å²) in [5.41, 5.74) is 6.12. The van der Waals surface area contributed by atoms with Gasteiger partial charge in [0.2, 0.25) is 0 Å². The minimum absolute atomic E-state index is 0.430. The van der Waals surface area contributed by atoms with Gasteiger partial charge >= 0.3 is 0 Å². The van der Waals surface area contributed by atoms with Gasteiger partial charge in [-0.2, -0.15) is 0 Å². The van der Waals surface area contributed by atoms with Gasteiger partial charge in [0.15, 0.2) is 0 Å². The summed E-state index contributed by atoms with van der Waals surface area (Å²) in [6.45, 7) is 13.3. The SMILES string of the molecule is CCC(F)c1cc(N2CCN(CC)CC2)cc(-c2c(C)cccc2C)c1Cl. The molecule has 146 valence electrons. The fourth-order valence-corrected chi connectivity index (χ4v) is 4.33. The summed E-state index contributed by atoms with van der Waals surface area (Å²) >= 11 is 6.75.